The van der Waals surface area contributed by atoms with Gasteiger partial charge in [0.2, 0.25) is 0 Å². The number of hydrogen-bond donors (Lipinski definition) is 1. The zero-order valence-electron chi connectivity index (χ0n) is 12.9. The van der Waals surface area contributed by atoms with Crippen molar-refractivity contribution in [1.29, 1.82) is 0 Å². The highest BCUT2D eigenvalue weighted by molar-refractivity contribution is 5.92. The average Bonchev–Trinajstić information content (AvgIpc) is 2.60. The summed E-state index contributed by atoms with van der Waals surface area (Å²) >= 11 is 0. The lowest BCUT2D eigenvalue weighted by molar-refractivity contribution is -0.118. The molecule has 1 amide bonds. The predicted molar refractivity (Wildman–Crippen MR) is 85.5 cm³/mol. The van der Waals surface area contributed by atoms with Gasteiger partial charge in [0.25, 0.3) is 5.91 Å². The molecule has 0 saturated heterocycles. The number of ether oxygens (including phenoxy) is 3. The Morgan fingerprint density at radius 3 is 2.39 bits per heavy atom. The van der Waals surface area contributed by atoms with E-state index in [0.717, 1.165) is 0 Å². The second-order valence-corrected chi connectivity index (χ2v) is 4.59. The molecule has 0 aliphatic heterocycles. The summed E-state index contributed by atoms with van der Waals surface area (Å²) in [6, 6.07) is 11.7. The third kappa shape index (κ3) is 4.47. The molecule has 2 aromatic carbocycles. The molecule has 2 rings (SSSR count). The van der Waals surface area contributed by atoms with E-state index in [1.807, 2.05) is 0 Å². The van der Waals surface area contributed by atoms with Crippen LogP contribution in [0.1, 0.15) is 10.4 Å². The molecule has 6 nitrogen and oxygen atoms in total. The molecule has 0 spiro atoms. The maximum Gasteiger partial charge on any atom is 0.262 e. The quantitative estimate of drug-likeness (QED) is 0.795. The highest BCUT2D eigenvalue weighted by atomic mass is 16.5. The van der Waals surface area contributed by atoms with Crippen molar-refractivity contribution >= 4 is 17.9 Å². The van der Waals surface area contributed by atoms with Crippen molar-refractivity contribution < 1.29 is 23.8 Å². The normalized spacial score (nSPS) is 9.83. The number of rotatable bonds is 7. The third-order valence-corrected chi connectivity index (χ3v) is 3.06. The van der Waals surface area contributed by atoms with Crippen LogP contribution in [0.2, 0.25) is 0 Å². The molecular weight excluding hydrogens is 298 g/mol. The van der Waals surface area contributed by atoms with Gasteiger partial charge in [-0.2, -0.15) is 0 Å². The largest absolute Gasteiger partial charge is 0.497 e. The van der Waals surface area contributed by atoms with Crippen molar-refractivity contribution in [2.75, 3.05) is 26.1 Å². The van der Waals surface area contributed by atoms with E-state index in [-0.39, 0.29) is 12.5 Å². The molecule has 1 N–H and O–H groups in total. The van der Waals surface area contributed by atoms with Crippen molar-refractivity contribution in [3.05, 3.63) is 48.0 Å². The Balaban J connectivity index is 1.96. The number of carbonyl (C=O) groups is 2. The molecule has 6 heteroatoms. The minimum absolute atomic E-state index is 0.204. The van der Waals surface area contributed by atoms with Crippen molar-refractivity contribution in [3.63, 3.8) is 0 Å². The summed E-state index contributed by atoms with van der Waals surface area (Å²) in [6.07, 6.45) is 0.698. The third-order valence-electron chi connectivity index (χ3n) is 3.06. The summed E-state index contributed by atoms with van der Waals surface area (Å²) in [6.45, 7) is -0.204. The molecule has 0 atom stereocenters. The number of amides is 1. The van der Waals surface area contributed by atoms with Gasteiger partial charge in [0.1, 0.15) is 12.0 Å². The fourth-order valence-corrected chi connectivity index (χ4v) is 1.89. The first-order chi connectivity index (χ1) is 11.2. The summed E-state index contributed by atoms with van der Waals surface area (Å²) in [4.78, 5) is 22.7. The molecule has 0 heterocycles. The number of nitrogens with one attached hydrogen (secondary N) is 1. The van der Waals surface area contributed by atoms with Gasteiger partial charge in [0, 0.05) is 11.3 Å². The molecule has 120 valence electrons. The van der Waals surface area contributed by atoms with Crippen molar-refractivity contribution in [1.82, 2.24) is 0 Å². The Morgan fingerprint density at radius 1 is 1.04 bits per heavy atom. The van der Waals surface area contributed by atoms with Gasteiger partial charge in [-0.15, -0.1) is 0 Å². The first kappa shape index (κ1) is 16.4. The Labute approximate surface area is 134 Å². The maximum atomic E-state index is 11.9. The van der Waals surface area contributed by atoms with E-state index in [1.54, 1.807) is 43.5 Å². The topological polar surface area (TPSA) is 73.9 Å². The van der Waals surface area contributed by atoms with Crippen LogP contribution in [0.4, 0.5) is 5.69 Å². The van der Waals surface area contributed by atoms with Gasteiger partial charge in [-0.1, -0.05) is 0 Å². The molecule has 0 saturated carbocycles. The fraction of sp³-hybridized carbons (Fsp3) is 0.176. The van der Waals surface area contributed by atoms with Crippen LogP contribution < -0.4 is 19.5 Å². The standard InChI is InChI=1S/C17H17NO5/c1-21-14-6-4-13(5-7-14)18-17(20)11-23-16-9-12(10-19)3-8-15(16)22-2/h3-10H,11H2,1-2H3,(H,18,20). The van der Waals surface area contributed by atoms with E-state index in [2.05, 4.69) is 5.32 Å². The van der Waals surface area contributed by atoms with E-state index in [9.17, 15) is 9.59 Å². The van der Waals surface area contributed by atoms with Crippen LogP contribution in [0.5, 0.6) is 17.2 Å². The average molecular weight is 315 g/mol. The molecule has 0 fully saturated rings. The predicted octanol–water partition coefficient (Wildman–Crippen LogP) is 2.53. The lowest BCUT2D eigenvalue weighted by Gasteiger charge is -2.11. The minimum Gasteiger partial charge on any atom is -0.497 e. The lowest BCUT2D eigenvalue weighted by Crippen LogP contribution is -2.20. The maximum absolute atomic E-state index is 11.9. The first-order valence-electron chi connectivity index (χ1n) is 6.86. The van der Waals surface area contributed by atoms with Crippen molar-refractivity contribution in [2.45, 2.75) is 0 Å². The van der Waals surface area contributed by atoms with Crippen LogP contribution in [0.25, 0.3) is 0 Å². The molecular formula is C17H17NO5. The summed E-state index contributed by atoms with van der Waals surface area (Å²) in [5, 5.41) is 2.70. The number of benzene rings is 2. The Morgan fingerprint density at radius 2 is 1.78 bits per heavy atom. The Kier molecular flexibility index (Phi) is 5.57. The van der Waals surface area contributed by atoms with Gasteiger partial charge < -0.3 is 19.5 Å². The van der Waals surface area contributed by atoms with Crippen LogP contribution in [-0.4, -0.2) is 33.0 Å². The molecule has 23 heavy (non-hydrogen) atoms. The van der Waals surface area contributed by atoms with Gasteiger partial charge in [-0.25, -0.2) is 0 Å². The molecule has 0 radical (unpaired) electrons. The van der Waals surface area contributed by atoms with Gasteiger partial charge >= 0.3 is 0 Å². The monoisotopic (exact) mass is 315 g/mol. The van der Waals surface area contributed by atoms with E-state index < -0.39 is 0 Å². The molecule has 2 aromatic rings. The van der Waals surface area contributed by atoms with Gasteiger partial charge in [0.15, 0.2) is 18.1 Å². The summed E-state index contributed by atoms with van der Waals surface area (Å²) in [7, 11) is 3.06. The zero-order valence-corrected chi connectivity index (χ0v) is 12.9. The van der Waals surface area contributed by atoms with Crippen LogP contribution in [-0.2, 0) is 4.79 Å². The number of methoxy groups -OCH3 is 2. The summed E-state index contributed by atoms with van der Waals surface area (Å²) in [5.41, 5.74) is 1.07. The number of hydrogen-bond acceptors (Lipinski definition) is 5. The SMILES string of the molecule is COc1ccc(NC(=O)COc2cc(C=O)ccc2OC)cc1. The van der Waals surface area contributed by atoms with Crippen LogP contribution in [0.15, 0.2) is 42.5 Å². The Hall–Kier alpha value is -3.02. The summed E-state index contributed by atoms with van der Waals surface area (Å²) < 4.78 is 15.6. The zero-order chi connectivity index (χ0) is 16.7. The molecule has 0 aliphatic rings. The second kappa shape index (κ2) is 7.84. The van der Waals surface area contributed by atoms with Gasteiger partial charge in [-0.3, -0.25) is 9.59 Å². The molecule has 0 bridgehead atoms. The highest BCUT2D eigenvalue weighted by Crippen LogP contribution is 2.27. The van der Waals surface area contributed by atoms with Crippen molar-refractivity contribution in [3.8, 4) is 17.2 Å². The smallest absolute Gasteiger partial charge is 0.262 e. The van der Waals surface area contributed by atoms with Gasteiger partial charge in [-0.05, 0) is 42.5 Å². The highest BCUT2D eigenvalue weighted by Gasteiger charge is 2.09. The lowest BCUT2D eigenvalue weighted by atomic mass is 10.2. The van der Waals surface area contributed by atoms with Crippen molar-refractivity contribution in [2.24, 2.45) is 0 Å². The van der Waals surface area contributed by atoms with E-state index in [1.165, 1.54) is 13.2 Å². The van der Waals surface area contributed by atoms with Crippen LogP contribution in [0, 0.1) is 0 Å². The molecule has 0 aliphatic carbocycles. The van der Waals surface area contributed by atoms with Crippen LogP contribution >= 0.6 is 0 Å². The number of anilines is 1. The van der Waals surface area contributed by atoms with Crippen LogP contribution in [0.3, 0.4) is 0 Å². The first-order valence-corrected chi connectivity index (χ1v) is 6.86. The minimum atomic E-state index is -0.325. The fourth-order valence-electron chi connectivity index (χ4n) is 1.89. The van der Waals surface area contributed by atoms with Gasteiger partial charge in [0.05, 0.1) is 14.2 Å². The second-order valence-electron chi connectivity index (χ2n) is 4.59. The molecule has 0 aromatic heterocycles. The molecule has 0 unspecified atom stereocenters. The summed E-state index contributed by atoms with van der Waals surface area (Å²) in [5.74, 6) is 1.17. The van der Waals surface area contributed by atoms with E-state index in [4.69, 9.17) is 14.2 Å². The number of carbonyl (C=O) groups excluding carboxylic acids is 2. The Bertz CT molecular complexity index is 682. The van der Waals surface area contributed by atoms with E-state index >= 15 is 0 Å². The number of aldehydes is 1. The van der Waals surface area contributed by atoms with E-state index in [0.29, 0.717) is 34.8 Å².